The predicted molar refractivity (Wildman–Crippen MR) is 108 cm³/mol. The lowest BCUT2D eigenvalue weighted by Gasteiger charge is -2.18. The van der Waals surface area contributed by atoms with Gasteiger partial charge in [-0.25, -0.2) is 0 Å². The number of hydrogen-bond acceptors (Lipinski definition) is 7. The fraction of sp³-hybridized carbons (Fsp3) is 0.190. The van der Waals surface area contributed by atoms with Crippen LogP contribution in [0.1, 0.15) is 16.1 Å². The molecule has 1 aliphatic rings. The number of carbonyl (C=O) groups is 1. The molecule has 2 aromatic carbocycles. The molecule has 0 spiro atoms. The summed E-state index contributed by atoms with van der Waals surface area (Å²) in [5.74, 6) is 2.31. The summed E-state index contributed by atoms with van der Waals surface area (Å²) in [6.45, 7) is 1.59. The van der Waals surface area contributed by atoms with Gasteiger partial charge in [-0.15, -0.1) is 10.2 Å². The van der Waals surface area contributed by atoms with Gasteiger partial charge in [-0.1, -0.05) is 12.1 Å². The third-order valence-corrected chi connectivity index (χ3v) is 4.33. The number of aromatic nitrogens is 2. The predicted octanol–water partition coefficient (Wildman–Crippen LogP) is 3.12. The Morgan fingerprint density at radius 1 is 1.00 bits per heavy atom. The van der Waals surface area contributed by atoms with Gasteiger partial charge in [-0.05, 0) is 42.0 Å². The maximum atomic E-state index is 12.4. The van der Waals surface area contributed by atoms with E-state index in [4.69, 9.17) is 14.2 Å². The van der Waals surface area contributed by atoms with Crippen LogP contribution in [-0.4, -0.2) is 36.4 Å². The largest absolute Gasteiger partial charge is 0.497 e. The summed E-state index contributed by atoms with van der Waals surface area (Å²) in [6, 6.07) is 16.3. The molecule has 1 amide bonds. The molecular formula is C21H20N4O4. The summed E-state index contributed by atoms with van der Waals surface area (Å²) in [7, 11) is 1.63. The number of rotatable bonds is 6. The van der Waals surface area contributed by atoms with Gasteiger partial charge in [-0.2, -0.15) is 0 Å². The van der Waals surface area contributed by atoms with E-state index in [1.165, 1.54) is 0 Å². The normalized spacial score (nSPS) is 12.2. The number of ether oxygens (including phenoxy) is 3. The maximum absolute atomic E-state index is 12.4. The second kappa shape index (κ2) is 8.47. The van der Waals surface area contributed by atoms with Crippen molar-refractivity contribution >= 4 is 17.4 Å². The molecular weight excluding hydrogens is 372 g/mol. The Morgan fingerprint density at radius 3 is 2.52 bits per heavy atom. The van der Waals surface area contributed by atoms with Gasteiger partial charge in [0.25, 0.3) is 5.91 Å². The number of hydrogen-bond donors (Lipinski definition) is 2. The number of methoxy groups -OCH3 is 1. The molecule has 2 N–H and O–H groups in total. The van der Waals surface area contributed by atoms with Crippen molar-refractivity contribution in [1.29, 1.82) is 0 Å². The van der Waals surface area contributed by atoms with E-state index < -0.39 is 0 Å². The van der Waals surface area contributed by atoms with Crippen LogP contribution in [0, 0.1) is 0 Å². The number of benzene rings is 2. The highest BCUT2D eigenvalue weighted by atomic mass is 16.6. The summed E-state index contributed by atoms with van der Waals surface area (Å²) < 4.78 is 16.1. The van der Waals surface area contributed by atoms with Crippen LogP contribution >= 0.6 is 0 Å². The highest BCUT2D eigenvalue weighted by Gasteiger charge is 2.14. The topological polar surface area (TPSA) is 94.6 Å². The summed E-state index contributed by atoms with van der Waals surface area (Å²) in [5.41, 5.74) is 1.89. The third-order valence-electron chi connectivity index (χ3n) is 4.33. The fourth-order valence-electron chi connectivity index (χ4n) is 2.80. The molecule has 1 aromatic heterocycles. The average molecular weight is 392 g/mol. The van der Waals surface area contributed by atoms with Crippen molar-refractivity contribution in [3.8, 4) is 17.2 Å². The molecule has 0 bridgehead atoms. The van der Waals surface area contributed by atoms with Crippen LogP contribution in [0.4, 0.5) is 11.5 Å². The first kappa shape index (κ1) is 18.5. The number of amides is 1. The van der Waals surface area contributed by atoms with Gasteiger partial charge in [0.05, 0.1) is 7.11 Å². The van der Waals surface area contributed by atoms with Crippen LogP contribution in [-0.2, 0) is 6.54 Å². The van der Waals surface area contributed by atoms with Gasteiger partial charge in [0, 0.05) is 18.3 Å². The molecule has 2 heterocycles. The van der Waals surface area contributed by atoms with Crippen LogP contribution in [0.25, 0.3) is 0 Å². The van der Waals surface area contributed by atoms with Crippen LogP contribution < -0.4 is 24.8 Å². The minimum Gasteiger partial charge on any atom is -0.497 e. The SMILES string of the molecule is COc1ccc(CNc2ccc(C(=O)Nc3ccc4c(c3)OCCO4)nn2)cc1. The van der Waals surface area contributed by atoms with E-state index in [1.54, 1.807) is 37.4 Å². The number of nitrogens with one attached hydrogen (secondary N) is 2. The van der Waals surface area contributed by atoms with Crippen LogP contribution in [0.5, 0.6) is 17.2 Å². The van der Waals surface area contributed by atoms with Crippen molar-refractivity contribution < 1.29 is 19.0 Å². The Labute approximate surface area is 167 Å². The Hall–Kier alpha value is -3.81. The Bertz CT molecular complexity index is 991. The zero-order valence-corrected chi connectivity index (χ0v) is 15.8. The molecule has 4 rings (SSSR count). The number of nitrogens with zero attached hydrogens (tertiary/aromatic N) is 2. The smallest absolute Gasteiger partial charge is 0.276 e. The van der Waals surface area contributed by atoms with Crippen molar-refractivity contribution in [2.75, 3.05) is 31.0 Å². The van der Waals surface area contributed by atoms with E-state index in [9.17, 15) is 4.79 Å². The maximum Gasteiger partial charge on any atom is 0.276 e. The van der Waals surface area contributed by atoms with E-state index in [0.29, 0.717) is 42.8 Å². The lowest BCUT2D eigenvalue weighted by Crippen LogP contribution is -2.17. The molecule has 0 aliphatic carbocycles. The lowest BCUT2D eigenvalue weighted by atomic mass is 10.2. The van der Waals surface area contributed by atoms with E-state index >= 15 is 0 Å². The van der Waals surface area contributed by atoms with Crippen LogP contribution in [0.2, 0.25) is 0 Å². The molecule has 8 heteroatoms. The van der Waals surface area contributed by atoms with Crippen LogP contribution in [0.15, 0.2) is 54.6 Å². The second-order valence-corrected chi connectivity index (χ2v) is 6.32. The number of anilines is 2. The molecule has 3 aromatic rings. The summed E-state index contributed by atoms with van der Waals surface area (Å²) in [6.07, 6.45) is 0. The van der Waals surface area contributed by atoms with Crippen molar-refractivity contribution in [2.45, 2.75) is 6.54 Å². The Morgan fingerprint density at radius 2 is 1.79 bits per heavy atom. The Balaban J connectivity index is 1.35. The molecule has 0 atom stereocenters. The Kier molecular flexibility index (Phi) is 5.42. The van der Waals surface area contributed by atoms with E-state index in [-0.39, 0.29) is 11.6 Å². The summed E-state index contributed by atoms with van der Waals surface area (Å²) >= 11 is 0. The van der Waals surface area contributed by atoms with Gasteiger partial charge in [0.2, 0.25) is 0 Å². The van der Waals surface area contributed by atoms with E-state index in [0.717, 1.165) is 11.3 Å². The fourth-order valence-corrected chi connectivity index (χ4v) is 2.80. The highest BCUT2D eigenvalue weighted by Crippen LogP contribution is 2.32. The number of fused-ring (bicyclic) bond motifs is 1. The quantitative estimate of drug-likeness (QED) is 0.665. The average Bonchev–Trinajstić information content (AvgIpc) is 2.78. The van der Waals surface area contributed by atoms with Crippen LogP contribution in [0.3, 0.4) is 0 Å². The summed E-state index contributed by atoms with van der Waals surface area (Å²) in [5, 5.41) is 14.0. The molecule has 0 radical (unpaired) electrons. The lowest BCUT2D eigenvalue weighted by molar-refractivity contribution is 0.102. The molecule has 0 saturated heterocycles. The monoisotopic (exact) mass is 392 g/mol. The zero-order valence-electron chi connectivity index (χ0n) is 15.8. The number of carbonyl (C=O) groups excluding carboxylic acids is 1. The second-order valence-electron chi connectivity index (χ2n) is 6.32. The minimum atomic E-state index is -0.351. The molecule has 29 heavy (non-hydrogen) atoms. The van der Waals surface area contributed by atoms with Crippen molar-refractivity contribution in [2.24, 2.45) is 0 Å². The van der Waals surface area contributed by atoms with Gasteiger partial charge >= 0.3 is 0 Å². The molecule has 0 unspecified atom stereocenters. The van der Waals surface area contributed by atoms with Crippen molar-refractivity contribution in [3.63, 3.8) is 0 Å². The van der Waals surface area contributed by atoms with Gasteiger partial charge in [0.1, 0.15) is 24.8 Å². The highest BCUT2D eigenvalue weighted by molar-refractivity contribution is 6.02. The minimum absolute atomic E-state index is 0.217. The van der Waals surface area contributed by atoms with Crippen molar-refractivity contribution in [1.82, 2.24) is 10.2 Å². The molecule has 0 saturated carbocycles. The molecule has 1 aliphatic heterocycles. The molecule has 148 valence electrons. The van der Waals surface area contributed by atoms with Gasteiger partial charge in [-0.3, -0.25) is 4.79 Å². The first-order chi connectivity index (χ1) is 14.2. The van der Waals surface area contributed by atoms with Gasteiger partial charge in [0.15, 0.2) is 17.2 Å². The van der Waals surface area contributed by atoms with E-state index in [1.807, 2.05) is 24.3 Å². The van der Waals surface area contributed by atoms with E-state index in [2.05, 4.69) is 20.8 Å². The molecule has 8 nitrogen and oxygen atoms in total. The van der Waals surface area contributed by atoms with Gasteiger partial charge < -0.3 is 24.8 Å². The zero-order chi connectivity index (χ0) is 20.1. The first-order valence-electron chi connectivity index (χ1n) is 9.13. The van der Waals surface area contributed by atoms with Crippen molar-refractivity contribution in [3.05, 3.63) is 65.9 Å². The summed E-state index contributed by atoms with van der Waals surface area (Å²) in [4.78, 5) is 12.4. The molecule has 0 fully saturated rings. The third kappa shape index (κ3) is 4.55. The standard InChI is InChI=1S/C21H20N4O4/c1-27-16-5-2-14(3-6-16)13-22-20-9-7-17(24-25-20)21(26)23-15-4-8-18-19(12-15)29-11-10-28-18/h2-9,12H,10-11,13H2,1H3,(H,22,25)(H,23,26). The first-order valence-corrected chi connectivity index (χ1v) is 9.13.